The molecule has 2 aromatic rings. The molecule has 0 bridgehead atoms. The number of anilines is 2. The molecule has 1 N–H and O–H groups in total. The predicted molar refractivity (Wildman–Crippen MR) is 99.4 cm³/mol. The molecular weight excluding hydrogens is 403 g/mol. The molecule has 0 radical (unpaired) electrons. The van der Waals surface area contributed by atoms with Gasteiger partial charge in [-0.25, -0.2) is 0 Å². The summed E-state index contributed by atoms with van der Waals surface area (Å²) in [5, 5.41) is 2.89. The summed E-state index contributed by atoms with van der Waals surface area (Å²) in [6, 6.07) is 15.4. The van der Waals surface area contributed by atoms with Crippen LogP contribution in [0.15, 0.2) is 48.5 Å². The Morgan fingerprint density at radius 1 is 1.22 bits per heavy atom. The van der Waals surface area contributed by atoms with Crippen molar-refractivity contribution in [2.75, 3.05) is 16.8 Å². The number of amides is 2. The monoisotopic (exact) mass is 420 g/mol. The summed E-state index contributed by atoms with van der Waals surface area (Å²) >= 11 is 2.22. The van der Waals surface area contributed by atoms with Crippen LogP contribution in [0.2, 0.25) is 0 Å². The van der Waals surface area contributed by atoms with Crippen molar-refractivity contribution in [2.24, 2.45) is 5.92 Å². The lowest BCUT2D eigenvalue weighted by molar-refractivity contribution is -0.122. The van der Waals surface area contributed by atoms with Crippen LogP contribution in [-0.2, 0) is 9.59 Å². The van der Waals surface area contributed by atoms with Gasteiger partial charge in [-0.05, 0) is 71.5 Å². The Labute approximate surface area is 149 Å². The van der Waals surface area contributed by atoms with Gasteiger partial charge in [0.25, 0.3) is 0 Å². The van der Waals surface area contributed by atoms with E-state index in [4.69, 9.17) is 0 Å². The zero-order valence-corrected chi connectivity index (χ0v) is 14.9. The molecule has 3 rings (SSSR count). The highest BCUT2D eigenvalue weighted by Gasteiger charge is 2.35. The Balaban J connectivity index is 1.69. The maximum absolute atomic E-state index is 12.4. The second-order valence-electron chi connectivity index (χ2n) is 5.74. The Morgan fingerprint density at radius 2 is 1.96 bits per heavy atom. The first-order valence-corrected chi connectivity index (χ1v) is 8.54. The number of rotatable bonds is 3. The van der Waals surface area contributed by atoms with Gasteiger partial charge in [0.1, 0.15) is 0 Å². The van der Waals surface area contributed by atoms with E-state index < -0.39 is 0 Å². The number of carbonyl (C=O) groups excluding carboxylic acids is 2. The third kappa shape index (κ3) is 3.72. The van der Waals surface area contributed by atoms with Gasteiger partial charge in [0.05, 0.1) is 5.92 Å². The molecular formula is C18H17IN2O2. The van der Waals surface area contributed by atoms with E-state index in [0.717, 1.165) is 20.5 Å². The van der Waals surface area contributed by atoms with E-state index in [1.807, 2.05) is 55.5 Å². The van der Waals surface area contributed by atoms with Crippen LogP contribution < -0.4 is 10.2 Å². The van der Waals surface area contributed by atoms with E-state index in [1.54, 1.807) is 4.90 Å². The molecule has 0 aromatic heterocycles. The van der Waals surface area contributed by atoms with Gasteiger partial charge in [-0.15, -0.1) is 0 Å². The maximum atomic E-state index is 12.4. The topological polar surface area (TPSA) is 49.4 Å². The lowest BCUT2D eigenvalue weighted by Crippen LogP contribution is -2.28. The molecule has 2 amide bonds. The average Bonchev–Trinajstić information content (AvgIpc) is 2.92. The molecule has 0 saturated carbocycles. The quantitative estimate of drug-likeness (QED) is 0.772. The zero-order valence-electron chi connectivity index (χ0n) is 12.8. The Hall–Kier alpha value is -1.89. The van der Waals surface area contributed by atoms with E-state index in [9.17, 15) is 9.59 Å². The van der Waals surface area contributed by atoms with Crippen LogP contribution in [0.1, 0.15) is 12.0 Å². The zero-order chi connectivity index (χ0) is 16.4. The number of hydrogen-bond donors (Lipinski definition) is 1. The van der Waals surface area contributed by atoms with E-state index in [0.29, 0.717) is 6.54 Å². The molecule has 0 aliphatic carbocycles. The number of benzene rings is 2. The van der Waals surface area contributed by atoms with Crippen LogP contribution in [0.4, 0.5) is 11.4 Å². The summed E-state index contributed by atoms with van der Waals surface area (Å²) in [5.74, 6) is -0.421. The molecule has 2 aromatic carbocycles. The summed E-state index contributed by atoms with van der Waals surface area (Å²) in [6.45, 7) is 2.42. The normalized spacial score (nSPS) is 17.4. The van der Waals surface area contributed by atoms with Crippen molar-refractivity contribution >= 4 is 45.8 Å². The van der Waals surface area contributed by atoms with E-state index in [-0.39, 0.29) is 24.2 Å². The number of aryl methyl sites for hydroxylation is 1. The van der Waals surface area contributed by atoms with Crippen molar-refractivity contribution in [1.29, 1.82) is 0 Å². The van der Waals surface area contributed by atoms with Gasteiger partial charge < -0.3 is 10.2 Å². The average molecular weight is 420 g/mol. The van der Waals surface area contributed by atoms with Crippen LogP contribution in [0.25, 0.3) is 0 Å². The Bertz CT molecular complexity index is 743. The van der Waals surface area contributed by atoms with Gasteiger partial charge in [0.2, 0.25) is 11.8 Å². The van der Waals surface area contributed by atoms with Crippen LogP contribution in [0.5, 0.6) is 0 Å². The van der Waals surface area contributed by atoms with E-state index in [2.05, 4.69) is 27.9 Å². The Kier molecular flexibility index (Phi) is 4.66. The predicted octanol–water partition coefficient (Wildman–Crippen LogP) is 3.59. The van der Waals surface area contributed by atoms with Crippen LogP contribution in [0, 0.1) is 16.4 Å². The van der Waals surface area contributed by atoms with Crippen LogP contribution in [0.3, 0.4) is 0 Å². The van der Waals surface area contributed by atoms with Gasteiger partial charge in [-0.3, -0.25) is 9.59 Å². The highest BCUT2D eigenvalue weighted by atomic mass is 127. The molecule has 5 heteroatoms. The lowest BCUT2D eigenvalue weighted by atomic mass is 10.1. The van der Waals surface area contributed by atoms with Crippen molar-refractivity contribution < 1.29 is 9.59 Å². The summed E-state index contributed by atoms with van der Waals surface area (Å²) in [4.78, 5) is 26.3. The fourth-order valence-electron chi connectivity index (χ4n) is 2.71. The largest absolute Gasteiger partial charge is 0.326 e. The van der Waals surface area contributed by atoms with Crippen molar-refractivity contribution in [3.63, 3.8) is 0 Å². The van der Waals surface area contributed by atoms with E-state index in [1.165, 1.54) is 0 Å². The smallest absolute Gasteiger partial charge is 0.229 e. The second kappa shape index (κ2) is 6.70. The summed E-state index contributed by atoms with van der Waals surface area (Å²) < 4.78 is 1.11. The molecule has 1 fully saturated rings. The fourth-order valence-corrected chi connectivity index (χ4v) is 3.07. The van der Waals surface area contributed by atoms with Crippen molar-refractivity contribution in [1.82, 2.24) is 0 Å². The SMILES string of the molecule is Cc1cccc(N2C[C@@H](C(=O)Nc3ccc(I)cc3)CC2=O)c1. The molecule has 0 unspecified atom stereocenters. The number of nitrogens with zero attached hydrogens (tertiary/aromatic N) is 1. The number of halogens is 1. The van der Waals surface area contributed by atoms with Gasteiger partial charge in [0, 0.05) is 27.9 Å². The molecule has 1 atom stereocenters. The third-order valence-electron chi connectivity index (χ3n) is 3.92. The van der Waals surface area contributed by atoms with E-state index >= 15 is 0 Å². The molecule has 118 valence electrons. The molecule has 23 heavy (non-hydrogen) atoms. The van der Waals surface area contributed by atoms with Gasteiger partial charge in [-0.1, -0.05) is 12.1 Å². The molecule has 1 aliphatic heterocycles. The summed E-state index contributed by atoms with van der Waals surface area (Å²) in [6.07, 6.45) is 0.254. The third-order valence-corrected chi connectivity index (χ3v) is 4.64. The van der Waals surface area contributed by atoms with Crippen molar-refractivity contribution in [3.05, 3.63) is 57.7 Å². The standard InChI is InChI=1S/C18H17IN2O2/c1-12-3-2-4-16(9-12)21-11-13(10-17(21)22)18(23)20-15-7-5-14(19)6-8-15/h2-9,13H,10-11H2,1H3,(H,20,23)/t13-/m0/s1. The Morgan fingerprint density at radius 3 is 2.65 bits per heavy atom. The molecule has 1 heterocycles. The molecule has 0 spiro atoms. The highest BCUT2D eigenvalue weighted by molar-refractivity contribution is 14.1. The van der Waals surface area contributed by atoms with Crippen LogP contribution in [-0.4, -0.2) is 18.4 Å². The maximum Gasteiger partial charge on any atom is 0.229 e. The fraction of sp³-hybridized carbons (Fsp3) is 0.222. The summed E-state index contributed by atoms with van der Waals surface area (Å²) in [7, 11) is 0. The van der Waals surface area contributed by atoms with Gasteiger partial charge in [0.15, 0.2) is 0 Å². The minimum Gasteiger partial charge on any atom is -0.326 e. The van der Waals surface area contributed by atoms with Gasteiger partial charge >= 0.3 is 0 Å². The number of nitrogens with one attached hydrogen (secondary N) is 1. The molecule has 4 nitrogen and oxygen atoms in total. The molecule has 1 aliphatic rings. The first-order valence-electron chi connectivity index (χ1n) is 7.46. The molecule has 1 saturated heterocycles. The summed E-state index contributed by atoms with van der Waals surface area (Å²) in [5.41, 5.74) is 2.72. The van der Waals surface area contributed by atoms with Gasteiger partial charge in [-0.2, -0.15) is 0 Å². The lowest BCUT2D eigenvalue weighted by Gasteiger charge is -2.17. The highest BCUT2D eigenvalue weighted by Crippen LogP contribution is 2.26. The number of hydrogen-bond acceptors (Lipinski definition) is 2. The minimum absolute atomic E-state index is 0.00152. The number of carbonyl (C=O) groups is 2. The first-order chi connectivity index (χ1) is 11.0. The second-order valence-corrected chi connectivity index (χ2v) is 6.99. The van der Waals surface area contributed by atoms with Crippen LogP contribution >= 0.6 is 22.6 Å². The minimum atomic E-state index is -0.317. The van der Waals surface area contributed by atoms with Crippen molar-refractivity contribution in [2.45, 2.75) is 13.3 Å². The first kappa shape index (κ1) is 16.0. The van der Waals surface area contributed by atoms with Crippen molar-refractivity contribution in [3.8, 4) is 0 Å².